The van der Waals surface area contributed by atoms with Crippen molar-refractivity contribution in [2.45, 2.75) is 51.7 Å². The number of aryl methyl sites for hydroxylation is 1. The number of carbonyl (C=O) groups is 1. The highest BCUT2D eigenvalue weighted by molar-refractivity contribution is 5.85. The van der Waals surface area contributed by atoms with Gasteiger partial charge in [0.05, 0.1) is 0 Å². The van der Waals surface area contributed by atoms with Crippen molar-refractivity contribution < 1.29 is 9.53 Å². The summed E-state index contributed by atoms with van der Waals surface area (Å²) in [5, 5.41) is 6.26. The molecule has 0 saturated heterocycles. The van der Waals surface area contributed by atoms with E-state index < -0.39 is 11.7 Å². The molecule has 0 radical (unpaired) electrons. The van der Waals surface area contributed by atoms with E-state index in [1.165, 1.54) is 11.1 Å². The SMILES string of the molecule is C#CCCNC1CCc2cc(NC(=O)OC(C)(C)C)ccc21. The third-order valence-electron chi connectivity index (χ3n) is 3.53. The minimum Gasteiger partial charge on any atom is -0.444 e. The molecule has 4 nitrogen and oxygen atoms in total. The van der Waals surface area contributed by atoms with E-state index >= 15 is 0 Å². The summed E-state index contributed by atoms with van der Waals surface area (Å²) in [5.41, 5.74) is 2.85. The van der Waals surface area contributed by atoms with Crippen molar-refractivity contribution in [1.82, 2.24) is 5.32 Å². The highest BCUT2D eigenvalue weighted by atomic mass is 16.6. The van der Waals surface area contributed by atoms with Gasteiger partial charge in [0.15, 0.2) is 0 Å². The molecular formula is C18H24N2O2. The van der Waals surface area contributed by atoms with Crippen molar-refractivity contribution in [3.05, 3.63) is 29.3 Å². The zero-order valence-electron chi connectivity index (χ0n) is 13.5. The quantitative estimate of drug-likeness (QED) is 0.659. The number of rotatable bonds is 4. The van der Waals surface area contributed by atoms with Crippen LogP contribution in [0.25, 0.3) is 0 Å². The fourth-order valence-electron chi connectivity index (χ4n) is 2.65. The number of hydrogen-bond acceptors (Lipinski definition) is 3. The molecule has 0 heterocycles. The summed E-state index contributed by atoms with van der Waals surface area (Å²) < 4.78 is 5.27. The van der Waals surface area contributed by atoms with Crippen molar-refractivity contribution >= 4 is 11.8 Å². The van der Waals surface area contributed by atoms with Crippen LogP contribution in [-0.2, 0) is 11.2 Å². The van der Waals surface area contributed by atoms with Crippen LogP contribution in [-0.4, -0.2) is 18.2 Å². The molecule has 1 aromatic rings. The highest BCUT2D eigenvalue weighted by Crippen LogP contribution is 2.33. The summed E-state index contributed by atoms with van der Waals surface area (Å²) in [6.45, 7) is 6.38. The Balaban J connectivity index is 1.98. The fraction of sp³-hybridized carbons (Fsp3) is 0.500. The normalized spacial score (nSPS) is 16.7. The third kappa shape index (κ3) is 4.51. The Bertz CT molecular complexity index is 582. The van der Waals surface area contributed by atoms with Crippen LogP contribution in [0.15, 0.2) is 18.2 Å². The van der Waals surface area contributed by atoms with E-state index in [1.54, 1.807) is 0 Å². The topological polar surface area (TPSA) is 50.4 Å². The van der Waals surface area contributed by atoms with Crippen molar-refractivity contribution in [2.75, 3.05) is 11.9 Å². The lowest BCUT2D eigenvalue weighted by atomic mass is 10.1. The standard InChI is InChI=1S/C18H24N2O2/c1-5-6-11-19-16-10-7-13-12-14(8-9-15(13)16)20-17(21)22-18(2,3)4/h1,8-9,12,16,19H,6-7,10-11H2,2-4H3,(H,20,21). The third-order valence-corrected chi connectivity index (χ3v) is 3.53. The van der Waals surface area contributed by atoms with Crippen LogP contribution in [0.4, 0.5) is 10.5 Å². The molecule has 1 aliphatic carbocycles. The lowest BCUT2D eigenvalue weighted by Crippen LogP contribution is -2.27. The minimum absolute atomic E-state index is 0.360. The Morgan fingerprint density at radius 1 is 1.45 bits per heavy atom. The van der Waals surface area contributed by atoms with Gasteiger partial charge in [0.25, 0.3) is 0 Å². The first-order chi connectivity index (χ1) is 10.4. The van der Waals surface area contributed by atoms with Crippen LogP contribution in [0.1, 0.15) is 50.8 Å². The monoisotopic (exact) mass is 300 g/mol. The molecule has 0 fully saturated rings. The van der Waals surface area contributed by atoms with Crippen molar-refractivity contribution in [3.63, 3.8) is 0 Å². The molecule has 0 spiro atoms. The number of terminal acetylenes is 1. The van der Waals surface area contributed by atoms with Gasteiger partial charge in [-0.1, -0.05) is 6.07 Å². The molecular weight excluding hydrogens is 276 g/mol. The predicted octanol–water partition coefficient (Wildman–Crippen LogP) is 3.63. The zero-order chi connectivity index (χ0) is 16.2. The molecule has 22 heavy (non-hydrogen) atoms. The van der Waals surface area contributed by atoms with E-state index in [4.69, 9.17) is 11.2 Å². The van der Waals surface area contributed by atoms with Gasteiger partial charge in [-0.2, -0.15) is 0 Å². The van der Waals surface area contributed by atoms with Crippen LogP contribution < -0.4 is 10.6 Å². The van der Waals surface area contributed by atoms with E-state index in [2.05, 4.69) is 22.6 Å². The first-order valence-electron chi connectivity index (χ1n) is 7.69. The number of carbonyl (C=O) groups excluding carboxylic acids is 1. The lowest BCUT2D eigenvalue weighted by molar-refractivity contribution is 0.0636. The number of amides is 1. The van der Waals surface area contributed by atoms with Gasteiger partial charge in [-0.3, -0.25) is 5.32 Å². The predicted molar refractivity (Wildman–Crippen MR) is 88.8 cm³/mol. The van der Waals surface area contributed by atoms with Gasteiger partial charge in [0.2, 0.25) is 0 Å². The van der Waals surface area contributed by atoms with Gasteiger partial charge in [-0.05, 0) is 56.9 Å². The van der Waals surface area contributed by atoms with E-state index in [-0.39, 0.29) is 0 Å². The van der Waals surface area contributed by atoms with Crippen LogP contribution in [0.2, 0.25) is 0 Å². The molecule has 2 rings (SSSR count). The Morgan fingerprint density at radius 2 is 2.23 bits per heavy atom. The summed E-state index contributed by atoms with van der Waals surface area (Å²) in [5.74, 6) is 2.64. The van der Waals surface area contributed by atoms with Crippen LogP contribution in [0, 0.1) is 12.3 Å². The van der Waals surface area contributed by atoms with Gasteiger partial charge in [-0.15, -0.1) is 12.3 Å². The van der Waals surface area contributed by atoms with E-state index in [1.807, 2.05) is 32.9 Å². The second-order valence-corrected chi connectivity index (χ2v) is 6.54. The van der Waals surface area contributed by atoms with E-state index in [0.29, 0.717) is 6.04 Å². The summed E-state index contributed by atoms with van der Waals surface area (Å²) in [6, 6.07) is 6.38. The van der Waals surface area contributed by atoms with Crippen molar-refractivity contribution in [3.8, 4) is 12.3 Å². The Morgan fingerprint density at radius 3 is 2.91 bits per heavy atom. The molecule has 1 unspecified atom stereocenters. The molecule has 118 valence electrons. The number of fused-ring (bicyclic) bond motifs is 1. The summed E-state index contributed by atoms with van der Waals surface area (Å²) in [4.78, 5) is 11.8. The molecule has 0 aromatic heterocycles. The largest absolute Gasteiger partial charge is 0.444 e. The van der Waals surface area contributed by atoms with Crippen molar-refractivity contribution in [2.24, 2.45) is 0 Å². The Labute approximate surface area is 132 Å². The molecule has 0 aliphatic heterocycles. The average Bonchev–Trinajstić information content (AvgIpc) is 2.79. The van der Waals surface area contributed by atoms with Crippen LogP contribution in [0.3, 0.4) is 0 Å². The number of anilines is 1. The average molecular weight is 300 g/mol. The molecule has 1 aliphatic rings. The minimum atomic E-state index is -0.493. The smallest absolute Gasteiger partial charge is 0.412 e. The molecule has 2 N–H and O–H groups in total. The van der Waals surface area contributed by atoms with Gasteiger partial charge in [0, 0.05) is 24.7 Å². The highest BCUT2D eigenvalue weighted by Gasteiger charge is 2.22. The van der Waals surface area contributed by atoms with Crippen LogP contribution in [0.5, 0.6) is 0 Å². The van der Waals surface area contributed by atoms with Gasteiger partial charge < -0.3 is 10.1 Å². The van der Waals surface area contributed by atoms with E-state index in [9.17, 15) is 4.79 Å². The molecule has 1 amide bonds. The zero-order valence-corrected chi connectivity index (χ0v) is 13.5. The number of hydrogen-bond donors (Lipinski definition) is 2. The first-order valence-corrected chi connectivity index (χ1v) is 7.69. The molecule has 0 saturated carbocycles. The van der Waals surface area contributed by atoms with Crippen LogP contribution >= 0.6 is 0 Å². The maximum atomic E-state index is 11.8. The summed E-state index contributed by atoms with van der Waals surface area (Å²) >= 11 is 0. The second-order valence-electron chi connectivity index (χ2n) is 6.54. The van der Waals surface area contributed by atoms with E-state index in [0.717, 1.165) is 31.5 Å². The van der Waals surface area contributed by atoms with Gasteiger partial charge in [0.1, 0.15) is 5.60 Å². The number of benzene rings is 1. The fourth-order valence-corrected chi connectivity index (χ4v) is 2.65. The Hall–Kier alpha value is -1.99. The second kappa shape index (κ2) is 6.85. The maximum Gasteiger partial charge on any atom is 0.412 e. The van der Waals surface area contributed by atoms with Crippen molar-refractivity contribution in [1.29, 1.82) is 0 Å². The number of nitrogens with one attached hydrogen (secondary N) is 2. The first kappa shape index (κ1) is 16.4. The van der Waals surface area contributed by atoms with Gasteiger partial charge in [-0.25, -0.2) is 4.79 Å². The summed E-state index contributed by atoms with van der Waals surface area (Å²) in [7, 11) is 0. The number of ether oxygens (including phenoxy) is 1. The van der Waals surface area contributed by atoms with Gasteiger partial charge >= 0.3 is 6.09 Å². The molecule has 0 bridgehead atoms. The maximum absolute atomic E-state index is 11.8. The lowest BCUT2D eigenvalue weighted by Gasteiger charge is -2.20. The molecule has 1 atom stereocenters. The molecule has 1 aromatic carbocycles. The Kier molecular flexibility index (Phi) is 5.10. The summed E-state index contributed by atoms with van der Waals surface area (Å²) in [6.07, 6.45) is 7.67. The molecule has 4 heteroatoms.